The van der Waals surface area contributed by atoms with Crippen LogP contribution < -0.4 is 9.46 Å². The summed E-state index contributed by atoms with van der Waals surface area (Å²) < 4.78 is 91.8. The second kappa shape index (κ2) is 6.02. The maximum absolute atomic E-state index is 12.8. The van der Waals surface area contributed by atoms with Crippen molar-refractivity contribution in [2.75, 3.05) is 18.8 Å². The number of halogens is 5. The molecule has 0 aliphatic carbocycles. The van der Waals surface area contributed by atoms with Crippen molar-refractivity contribution in [2.24, 2.45) is 0 Å². The van der Waals surface area contributed by atoms with E-state index >= 15 is 0 Å². The Labute approximate surface area is 117 Å². The molecule has 0 spiro atoms. The Morgan fingerprint density at radius 1 is 1.24 bits per heavy atom. The normalized spacial score (nSPS) is 12.8. The van der Waals surface area contributed by atoms with E-state index in [9.17, 15) is 30.4 Å². The topological polar surface area (TPSA) is 58.6 Å². The summed E-state index contributed by atoms with van der Waals surface area (Å²) in [6.45, 7) is -3.43. The number of nitrogens with one attached hydrogen (secondary N) is 1. The van der Waals surface area contributed by atoms with Crippen molar-refractivity contribution in [3.63, 3.8) is 0 Å². The van der Waals surface area contributed by atoms with E-state index < -0.39 is 40.0 Å². The number of benzene rings is 1. The molecule has 0 bridgehead atoms. The molecule has 0 saturated carbocycles. The fraction of sp³-hybridized carbons (Fsp3) is 0.400. The van der Waals surface area contributed by atoms with Gasteiger partial charge in [-0.15, -0.1) is 0 Å². The Kier molecular flexibility index (Phi) is 4.99. The van der Waals surface area contributed by atoms with Crippen molar-refractivity contribution >= 4 is 15.9 Å². The second-order valence-corrected chi connectivity index (χ2v) is 5.86. The highest BCUT2D eigenvalue weighted by molar-refractivity contribution is 7.90. The molecule has 1 N–H and O–H groups in total. The largest absolute Gasteiger partial charge is 0.434 e. The van der Waals surface area contributed by atoms with Crippen molar-refractivity contribution in [3.05, 3.63) is 23.8 Å². The Balaban J connectivity index is 3.23. The number of anilines is 1. The lowest BCUT2D eigenvalue weighted by Crippen LogP contribution is -2.29. The van der Waals surface area contributed by atoms with Crippen LogP contribution in [0.2, 0.25) is 0 Å². The molecule has 0 aliphatic heterocycles. The molecule has 11 heteroatoms. The molecule has 0 fully saturated rings. The van der Waals surface area contributed by atoms with Gasteiger partial charge in [-0.1, -0.05) is 0 Å². The van der Waals surface area contributed by atoms with Crippen molar-refractivity contribution in [1.29, 1.82) is 0 Å². The minimum absolute atomic E-state index is 0.374. The molecule has 0 unspecified atom stereocenters. The Morgan fingerprint density at radius 3 is 2.24 bits per heavy atom. The molecule has 0 saturated heterocycles. The fourth-order valence-electron chi connectivity index (χ4n) is 1.25. The Hall–Kier alpha value is -1.62. The summed E-state index contributed by atoms with van der Waals surface area (Å²) in [6.07, 6.45) is -4.98. The van der Waals surface area contributed by atoms with Crippen LogP contribution >= 0.6 is 0 Å². The third kappa shape index (κ3) is 4.70. The van der Waals surface area contributed by atoms with E-state index in [1.165, 1.54) is 14.1 Å². The van der Waals surface area contributed by atoms with E-state index in [1.54, 1.807) is 0 Å². The van der Waals surface area contributed by atoms with Gasteiger partial charge in [-0.2, -0.15) is 34.7 Å². The smallest absolute Gasteiger partial charge is 0.420 e. The molecule has 1 aromatic rings. The molecule has 1 rings (SSSR count). The van der Waals surface area contributed by atoms with Gasteiger partial charge in [0.05, 0.1) is 11.3 Å². The molecule has 0 atom stereocenters. The van der Waals surface area contributed by atoms with Crippen LogP contribution in [0.25, 0.3) is 0 Å². The van der Waals surface area contributed by atoms with Gasteiger partial charge in [0, 0.05) is 14.1 Å². The maximum Gasteiger partial charge on any atom is 0.420 e. The summed E-state index contributed by atoms with van der Waals surface area (Å²) in [5.41, 5.74) is -1.95. The first kappa shape index (κ1) is 17.4. The van der Waals surface area contributed by atoms with E-state index in [4.69, 9.17) is 0 Å². The molecule has 21 heavy (non-hydrogen) atoms. The van der Waals surface area contributed by atoms with Gasteiger partial charge >= 0.3 is 23.0 Å². The van der Waals surface area contributed by atoms with Gasteiger partial charge in [-0.3, -0.25) is 4.72 Å². The number of nitrogens with zero attached hydrogens (tertiary/aromatic N) is 1. The first-order valence-corrected chi connectivity index (χ1v) is 6.74. The molecular weight excluding hydrogens is 323 g/mol. The van der Waals surface area contributed by atoms with Crippen molar-refractivity contribution < 1.29 is 35.1 Å². The van der Waals surface area contributed by atoms with Gasteiger partial charge in [0.2, 0.25) is 0 Å². The molecule has 0 aromatic heterocycles. The summed E-state index contributed by atoms with van der Waals surface area (Å²) in [5.74, 6) is -1.09. The minimum Gasteiger partial charge on any atom is -0.434 e. The average Bonchev–Trinajstić information content (AvgIpc) is 2.28. The number of hydrogen-bond donors (Lipinski definition) is 1. The fourth-order valence-corrected chi connectivity index (χ4v) is 1.86. The second-order valence-electron chi connectivity index (χ2n) is 3.98. The standard InChI is InChI=1S/C10H11F5N2O3S/c1-17(2)21(18,19)16-6-3-4-8(20-9(11)12)7(5-6)10(13,14)15/h3-5,9,16H,1-2H3. The van der Waals surface area contributed by atoms with Gasteiger partial charge in [-0.05, 0) is 18.2 Å². The van der Waals surface area contributed by atoms with Gasteiger partial charge in [-0.25, -0.2) is 0 Å². The van der Waals surface area contributed by atoms with Crippen LogP contribution in [0.4, 0.5) is 27.6 Å². The average molecular weight is 334 g/mol. The Morgan fingerprint density at radius 2 is 1.81 bits per heavy atom. The number of rotatable bonds is 5. The minimum atomic E-state index is -4.98. The maximum atomic E-state index is 12.8. The predicted octanol–water partition coefficient (Wildman–Crippen LogP) is 2.53. The van der Waals surface area contributed by atoms with Crippen LogP contribution in [0.1, 0.15) is 5.56 Å². The molecular formula is C10H11F5N2O3S. The lowest BCUT2D eigenvalue weighted by molar-refractivity contribution is -0.141. The highest BCUT2D eigenvalue weighted by Gasteiger charge is 2.35. The zero-order valence-electron chi connectivity index (χ0n) is 10.8. The van der Waals surface area contributed by atoms with Gasteiger partial charge < -0.3 is 4.74 Å². The molecule has 120 valence electrons. The number of hydrogen-bond acceptors (Lipinski definition) is 3. The SMILES string of the molecule is CN(C)S(=O)(=O)Nc1ccc(OC(F)F)c(C(F)(F)F)c1. The highest BCUT2D eigenvalue weighted by atomic mass is 32.2. The zero-order valence-corrected chi connectivity index (χ0v) is 11.6. The van der Waals surface area contributed by atoms with Gasteiger partial charge in [0.1, 0.15) is 5.75 Å². The molecule has 0 aliphatic rings. The van der Waals surface area contributed by atoms with Crippen molar-refractivity contribution in [3.8, 4) is 5.75 Å². The van der Waals surface area contributed by atoms with E-state index in [0.717, 1.165) is 10.4 Å². The first-order valence-electron chi connectivity index (χ1n) is 5.30. The van der Waals surface area contributed by atoms with E-state index in [2.05, 4.69) is 4.74 Å². The van der Waals surface area contributed by atoms with Crippen LogP contribution in [0, 0.1) is 0 Å². The lowest BCUT2D eigenvalue weighted by atomic mass is 10.1. The van der Waals surface area contributed by atoms with E-state index in [1.807, 2.05) is 4.72 Å². The summed E-state index contributed by atoms with van der Waals surface area (Å²) in [6, 6.07) is 1.87. The lowest BCUT2D eigenvalue weighted by Gasteiger charge is -2.17. The first-order chi connectivity index (χ1) is 9.43. The Bertz CT molecular complexity index is 601. The third-order valence-corrected chi connectivity index (χ3v) is 3.68. The summed E-state index contributed by atoms with van der Waals surface area (Å²) in [4.78, 5) is 0. The number of alkyl halides is 5. The van der Waals surface area contributed by atoms with Crippen LogP contribution in [0.5, 0.6) is 5.75 Å². The van der Waals surface area contributed by atoms with Crippen LogP contribution in [-0.4, -0.2) is 33.4 Å². The quantitative estimate of drug-likeness (QED) is 0.842. The van der Waals surface area contributed by atoms with Crippen LogP contribution in [-0.2, 0) is 16.4 Å². The summed E-state index contributed by atoms with van der Waals surface area (Å²) >= 11 is 0. The van der Waals surface area contributed by atoms with Crippen molar-refractivity contribution in [1.82, 2.24) is 4.31 Å². The molecule has 5 nitrogen and oxygen atoms in total. The molecule has 0 radical (unpaired) electrons. The van der Waals surface area contributed by atoms with Gasteiger partial charge in [0.25, 0.3) is 0 Å². The predicted molar refractivity (Wildman–Crippen MR) is 64.3 cm³/mol. The van der Waals surface area contributed by atoms with Crippen LogP contribution in [0.15, 0.2) is 18.2 Å². The van der Waals surface area contributed by atoms with Crippen LogP contribution in [0.3, 0.4) is 0 Å². The summed E-state index contributed by atoms with van der Waals surface area (Å²) in [7, 11) is -1.69. The molecule has 1 aromatic carbocycles. The van der Waals surface area contributed by atoms with E-state index in [-0.39, 0.29) is 0 Å². The zero-order chi connectivity index (χ0) is 16.4. The highest BCUT2D eigenvalue weighted by Crippen LogP contribution is 2.38. The molecule has 0 heterocycles. The van der Waals surface area contributed by atoms with Crippen molar-refractivity contribution in [2.45, 2.75) is 12.8 Å². The summed E-state index contributed by atoms with van der Waals surface area (Å²) in [5, 5.41) is 0. The molecule has 0 amide bonds. The number of ether oxygens (including phenoxy) is 1. The van der Waals surface area contributed by atoms with E-state index in [0.29, 0.717) is 12.1 Å². The third-order valence-electron chi connectivity index (χ3n) is 2.23. The monoisotopic (exact) mass is 334 g/mol. The van der Waals surface area contributed by atoms with Gasteiger partial charge in [0.15, 0.2) is 0 Å².